The van der Waals surface area contributed by atoms with Crippen LogP contribution in [0.25, 0.3) is 0 Å². The molecule has 0 amide bonds. The van der Waals surface area contributed by atoms with Crippen LogP contribution in [-0.4, -0.2) is 55.6 Å². The molecule has 1 unspecified atom stereocenters. The van der Waals surface area contributed by atoms with Gasteiger partial charge in [-0.2, -0.15) is 0 Å². The maximum Gasteiger partial charge on any atom is 0.191 e. The minimum Gasteiger partial charge on any atom is -0.354 e. The van der Waals surface area contributed by atoms with E-state index in [2.05, 4.69) is 49.5 Å². The lowest BCUT2D eigenvalue weighted by atomic mass is 10.1. The van der Waals surface area contributed by atoms with Crippen LogP contribution in [0.5, 0.6) is 0 Å². The third-order valence-corrected chi connectivity index (χ3v) is 5.69. The van der Waals surface area contributed by atoms with Gasteiger partial charge in [-0.05, 0) is 49.2 Å². The lowest BCUT2D eigenvalue weighted by Crippen LogP contribution is -2.46. The molecule has 1 aromatic carbocycles. The fourth-order valence-corrected chi connectivity index (χ4v) is 3.55. The van der Waals surface area contributed by atoms with Gasteiger partial charge in [0.2, 0.25) is 0 Å². The van der Waals surface area contributed by atoms with Crippen LogP contribution in [-0.2, 0) is 6.54 Å². The van der Waals surface area contributed by atoms with Gasteiger partial charge in [-0.3, -0.25) is 4.99 Å². The first-order valence-corrected chi connectivity index (χ1v) is 10.7. The second-order valence-electron chi connectivity index (χ2n) is 7.75. The Morgan fingerprint density at radius 3 is 2.57 bits per heavy atom. The van der Waals surface area contributed by atoms with Crippen molar-refractivity contribution >= 4 is 11.8 Å². The quantitative estimate of drug-likeness (QED) is 0.564. The summed E-state index contributed by atoms with van der Waals surface area (Å²) in [5, 5.41) is 6.62. The molecule has 162 valence electrons. The van der Waals surface area contributed by atoms with Crippen LogP contribution in [0.15, 0.2) is 41.5 Å². The molecule has 6 nitrogen and oxygen atoms in total. The van der Waals surface area contributed by atoms with E-state index in [9.17, 15) is 4.39 Å². The molecule has 3 rings (SSSR count). The summed E-state index contributed by atoms with van der Waals surface area (Å²) in [5.41, 5.74) is 2.62. The van der Waals surface area contributed by atoms with Crippen LogP contribution >= 0.6 is 0 Å². The first-order valence-electron chi connectivity index (χ1n) is 10.7. The molecule has 0 spiro atoms. The number of likely N-dealkylation sites (N-methyl/N-ethyl adjacent to an activating group) is 1. The molecule has 0 radical (unpaired) electrons. The molecule has 2 N–H and O–H groups in total. The molecule has 1 atom stereocenters. The van der Waals surface area contributed by atoms with Gasteiger partial charge in [0.1, 0.15) is 11.6 Å². The molecular weight excluding hydrogens is 379 g/mol. The van der Waals surface area contributed by atoms with Crippen molar-refractivity contribution in [1.29, 1.82) is 0 Å². The number of aliphatic imine (C=N–C) groups is 1. The average molecular weight is 413 g/mol. The van der Waals surface area contributed by atoms with E-state index in [4.69, 9.17) is 0 Å². The van der Waals surface area contributed by atoms with Crippen LogP contribution in [0.2, 0.25) is 0 Å². The highest BCUT2D eigenvalue weighted by Gasteiger charge is 2.16. The van der Waals surface area contributed by atoms with E-state index >= 15 is 0 Å². The molecule has 1 aromatic heterocycles. The van der Waals surface area contributed by atoms with Gasteiger partial charge in [0.25, 0.3) is 0 Å². The van der Waals surface area contributed by atoms with Crippen molar-refractivity contribution in [2.75, 3.05) is 44.7 Å². The Morgan fingerprint density at radius 2 is 1.97 bits per heavy atom. The molecule has 0 aliphatic carbocycles. The predicted octanol–water partition coefficient (Wildman–Crippen LogP) is 3.10. The minimum absolute atomic E-state index is 0.0615. The van der Waals surface area contributed by atoms with E-state index in [1.165, 1.54) is 0 Å². The maximum absolute atomic E-state index is 13.8. The fraction of sp³-hybridized carbons (Fsp3) is 0.478. The number of nitrogens with zero attached hydrogens (tertiary/aromatic N) is 4. The van der Waals surface area contributed by atoms with Crippen molar-refractivity contribution in [2.45, 2.75) is 33.4 Å². The number of piperazine rings is 1. The molecule has 0 saturated carbocycles. The monoisotopic (exact) mass is 412 g/mol. The molecule has 2 aromatic rings. The van der Waals surface area contributed by atoms with Crippen LogP contribution in [0, 0.1) is 12.7 Å². The Hall–Kier alpha value is -2.67. The van der Waals surface area contributed by atoms with Gasteiger partial charge in [-0.1, -0.05) is 25.1 Å². The maximum atomic E-state index is 13.8. The topological polar surface area (TPSA) is 55.8 Å². The molecule has 1 fully saturated rings. The van der Waals surface area contributed by atoms with E-state index in [0.29, 0.717) is 18.1 Å². The van der Waals surface area contributed by atoms with E-state index in [1.54, 1.807) is 26.1 Å². The Morgan fingerprint density at radius 1 is 1.20 bits per heavy atom. The number of rotatable bonds is 6. The highest BCUT2D eigenvalue weighted by molar-refractivity contribution is 5.80. The fourth-order valence-electron chi connectivity index (χ4n) is 3.55. The summed E-state index contributed by atoms with van der Waals surface area (Å²) >= 11 is 0. The van der Waals surface area contributed by atoms with Gasteiger partial charge in [-0.25, -0.2) is 9.37 Å². The summed E-state index contributed by atoms with van der Waals surface area (Å²) in [7, 11) is 1.73. The Kier molecular flexibility index (Phi) is 7.63. The third kappa shape index (κ3) is 5.69. The van der Waals surface area contributed by atoms with Crippen molar-refractivity contribution < 1.29 is 4.39 Å². The predicted molar refractivity (Wildman–Crippen MR) is 121 cm³/mol. The van der Waals surface area contributed by atoms with Gasteiger partial charge in [0.15, 0.2) is 5.96 Å². The summed E-state index contributed by atoms with van der Waals surface area (Å²) < 4.78 is 13.8. The second kappa shape index (κ2) is 10.4. The van der Waals surface area contributed by atoms with E-state index in [1.807, 2.05) is 19.2 Å². The molecule has 1 aliphatic heterocycles. The number of halogens is 1. The Bertz CT molecular complexity index is 843. The first-order chi connectivity index (χ1) is 14.5. The molecule has 1 aliphatic rings. The van der Waals surface area contributed by atoms with Gasteiger partial charge in [0, 0.05) is 46.0 Å². The lowest BCUT2D eigenvalue weighted by Gasteiger charge is -2.34. The summed E-state index contributed by atoms with van der Waals surface area (Å²) in [6.45, 7) is 11.9. The molecule has 7 heteroatoms. The van der Waals surface area contributed by atoms with E-state index in [-0.39, 0.29) is 11.9 Å². The normalized spacial score (nSPS) is 16.4. The van der Waals surface area contributed by atoms with Gasteiger partial charge in [0.05, 0.1) is 6.04 Å². The van der Waals surface area contributed by atoms with Crippen molar-refractivity contribution in [2.24, 2.45) is 4.99 Å². The number of anilines is 1. The number of guanidine groups is 1. The van der Waals surface area contributed by atoms with E-state index < -0.39 is 0 Å². The summed E-state index contributed by atoms with van der Waals surface area (Å²) in [5.74, 6) is 1.52. The zero-order chi connectivity index (χ0) is 21.5. The minimum atomic E-state index is -0.189. The highest BCUT2D eigenvalue weighted by Crippen LogP contribution is 2.17. The molecule has 30 heavy (non-hydrogen) atoms. The number of hydrogen-bond donors (Lipinski definition) is 2. The average Bonchev–Trinajstić information content (AvgIpc) is 2.78. The first kappa shape index (κ1) is 22.0. The summed E-state index contributed by atoms with van der Waals surface area (Å²) in [6, 6.07) is 9.44. The second-order valence-corrected chi connectivity index (χ2v) is 7.75. The van der Waals surface area contributed by atoms with Crippen molar-refractivity contribution in [3.05, 3.63) is 59.0 Å². The molecule has 0 bridgehead atoms. The van der Waals surface area contributed by atoms with Gasteiger partial charge in [-0.15, -0.1) is 0 Å². The molecule has 2 heterocycles. The van der Waals surface area contributed by atoms with Crippen LogP contribution in [0.4, 0.5) is 10.2 Å². The van der Waals surface area contributed by atoms with Crippen LogP contribution in [0.3, 0.4) is 0 Å². The number of hydrogen-bond acceptors (Lipinski definition) is 4. The zero-order valence-corrected chi connectivity index (χ0v) is 18.5. The number of pyridine rings is 1. The van der Waals surface area contributed by atoms with Gasteiger partial charge < -0.3 is 20.4 Å². The molecule has 1 saturated heterocycles. The number of nitrogens with one attached hydrogen (secondary N) is 2. The number of benzene rings is 1. The zero-order valence-electron chi connectivity index (χ0n) is 18.5. The number of aryl methyl sites for hydroxylation is 1. The SMILES string of the molecule is CCN1CCN(c2ccc(CNC(=NC)NC(C)c3ccc(C)c(F)c3)cn2)CC1. The summed E-state index contributed by atoms with van der Waals surface area (Å²) in [4.78, 5) is 13.7. The van der Waals surface area contributed by atoms with Crippen molar-refractivity contribution in [3.8, 4) is 0 Å². The van der Waals surface area contributed by atoms with Crippen molar-refractivity contribution in [1.82, 2.24) is 20.5 Å². The van der Waals surface area contributed by atoms with Crippen LogP contribution in [0.1, 0.15) is 36.6 Å². The lowest BCUT2D eigenvalue weighted by molar-refractivity contribution is 0.270. The standard InChI is InChI=1S/C23H33FN6/c1-5-29-10-12-30(13-11-29)22-9-7-19(15-26-22)16-27-23(25-4)28-18(3)20-8-6-17(2)21(24)14-20/h6-9,14-15,18H,5,10-13,16H2,1-4H3,(H2,25,27,28). The highest BCUT2D eigenvalue weighted by atomic mass is 19.1. The van der Waals surface area contributed by atoms with Crippen molar-refractivity contribution in [3.63, 3.8) is 0 Å². The van der Waals surface area contributed by atoms with Crippen LogP contribution < -0.4 is 15.5 Å². The Labute approximate surface area is 179 Å². The Balaban J connectivity index is 1.51. The molecular formula is C23H33FN6. The summed E-state index contributed by atoms with van der Waals surface area (Å²) in [6.07, 6.45) is 1.92. The number of aromatic nitrogens is 1. The third-order valence-electron chi connectivity index (χ3n) is 5.69. The smallest absolute Gasteiger partial charge is 0.191 e. The van der Waals surface area contributed by atoms with E-state index in [0.717, 1.165) is 49.7 Å². The van der Waals surface area contributed by atoms with Gasteiger partial charge >= 0.3 is 0 Å². The largest absolute Gasteiger partial charge is 0.354 e.